The summed E-state index contributed by atoms with van der Waals surface area (Å²) in [5.41, 5.74) is 1.34. The van der Waals surface area contributed by atoms with Crippen LogP contribution in [0.15, 0.2) is 30.3 Å². The number of hydrogen-bond donors (Lipinski definition) is 1. The molecule has 0 spiro atoms. The second-order valence-corrected chi connectivity index (χ2v) is 6.12. The van der Waals surface area contributed by atoms with Crippen molar-refractivity contribution in [3.8, 4) is 0 Å². The number of benzene rings is 1. The van der Waals surface area contributed by atoms with E-state index in [1.54, 1.807) is 0 Å². The van der Waals surface area contributed by atoms with Crippen molar-refractivity contribution < 1.29 is 9.53 Å². The second-order valence-electron chi connectivity index (χ2n) is 6.12. The molecular weight excluding hydrogens is 238 g/mol. The summed E-state index contributed by atoms with van der Waals surface area (Å²) in [5, 5.41) is 3.45. The molecule has 1 aliphatic carbocycles. The molecule has 3 nitrogen and oxygen atoms in total. The minimum absolute atomic E-state index is 0.0977. The lowest BCUT2D eigenvalue weighted by Gasteiger charge is -2.21. The quantitative estimate of drug-likeness (QED) is 0.848. The first-order chi connectivity index (χ1) is 9.17. The van der Waals surface area contributed by atoms with Crippen molar-refractivity contribution in [3.05, 3.63) is 35.9 Å². The van der Waals surface area contributed by atoms with Crippen LogP contribution in [0.2, 0.25) is 0 Å². The second kappa shape index (κ2) is 4.97. The average molecular weight is 259 g/mol. The van der Waals surface area contributed by atoms with Gasteiger partial charge in [-0.25, -0.2) is 0 Å². The fourth-order valence-electron chi connectivity index (χ4n) is 3.51. The summed E-state index contributed by atoms with van der Waals surface area (Å²) in [6.07, 6.45) is 4.62. The molecule has 3 heteroatoms. The lowest BCUT2D eigenvalue weighted by molar-refractivity contribution is -0.147. The summed E-state index contributed by atoms with van der Waals surface area (Å²) in [6, 6.07) is 10.2. The molecule has 3 rings (SSSR count). The van der Waals surface area contributed by atoms with E-state index < -0.39 is 0 Å². The van der Waals surface area contributed by atoms with Crippen molar-refractivity contribution in [3.63, 3.8) is 0 Å². The predicted molar refractivity (Wildman–Crippen MR) is 73.5 cm³/mol. The third kappa shape index (κ3) is 2.52. The minimum Gasteiger partial charge on any atom is -0.460 e. The summed E-state index contributed by atoms with van der Waals surface area (Å²) in [7, 11) is 0. The van der Waals surface area contributed by atoms with Gasteiger partial charge in [-0.3, -0.25) is 4.79 Å². The Morgan fingerprint density at radius 3 is 2.95 bits per heavy atom. The van der Waals surface area contributed by atoms with E-state index in [0.29, 0.717) is 18.1 Å². The largest absolute Gasteiger partial charge is 0.460 e. The Kier molecular flexibility index (Phi) is 3.31. The maximum absolute atomic E-state index is 12.1. The molecule has 2 fully saturated rings. The van der Waals surface area contributed by atoms with E-state index in [1.807, 2.05) is 30.3 Å². The molecule has 1 aliphatic heterocycles. The van der Waals surface area contributed by atoms with Crippen molar-refractivity contribution in [2.24, 2.45) is 5.41 Å². The van der Waals surface area contributed by atoms with Crippen LogP contribution < -0.4 is 5.32 Å². The van der Waals surface area contributed by atoms with E-state index in [0.717, 1.165) is 12.0 Å². The van der Waals surface area contributed by atoms with Crippen LogP contribution >= 0.6 is 0 Å². The molecule has 0 bridgehead atoms. The van der Waals surface area contributed by atoms with Crippen molar-refractivity contribution in [2.75, 3.05) is 0 Å². The van der Waals surface area contributed by atoms with Gasteiger partial charge in [0.15, 0.2) is 0 Å². The zero-order valence-corrected chi connectivity index (χ0v) is 11.4. The number of fused-ring (bicyclic) bond motifs is 1. The molecule has 0 amide bonds. The molecule has 2 aliphatic rings. The van der Waals surface area contributed by atoms with Gasteiger partial charge in [-0.2, -0.15) is 0 Å². The summed E-state index contributed by atoms with van der Waals surface area (Å²) in [4.78, 5) is 12.1. The fraction of sp³-hybridized carbons (Fsp3) is 0.562. The molecule has 3 atom stereocenters. The highest BCUT2D eigenvalue weighted by atomic mass is 16.5. The van der Waals surface area contributed by atoms with Crippen molar-refractivity contribution in [1.29, 1.82) is 0 Å². The topological polar surface area (TPSA) is 38.3 Å². The Labute approximate surface area is 114 Å². The van der Waals surface area contributed by atoms with Gasteiger partial charge in [-0.1, -0.05) is 43.7 Å². The maximum Gasteiger partial charge on any atom is 0.323 e. The lowest BCUT2D eigenvalue weighted by atomic mass is 9.83. The summed E-state index contributed by atoms with van der Waals surface area (Å²) in [5.74, 6) is -0.0977. The first kappa shape index (κ1) is 12.7. The Morgan fingerprint density at radius 1 is 1.42 bits per heavy atom. The van der Waals surface area contributed by atoms with Gasteiger partial charge in [0.1, 0.15) is 12.6 Å². The van der Waals surface area contributed by atoms with Gasteiger partial charge in [0.25, 0.3) is 0 Å². The van der Waals surface area contributed by atoms with Crippen molar-refractivity contribution in [1.82, 2.24) is 5.32 Å². The predicted octanol–water partition coefficient (Wildman–Crippen LogP) is 2.65. The van der Waals surface area contributed by atoms with Gasteiger partial charge in [0.2, 0.25) is 0 Å². The molecule has 1 N–H and O–H groups in total. The van der Waals surface area contributed by atoms with Gasteiger partial charge in [0.05, 0.1) is 0 Å². The van der Waals surface area contributed by atoms with Gasteiger partial charge >= 0.3 is 5.97 Å². The van der Waals surface area contributed by atoms with Crippen LogP contribution in [0.5, 0.6) is 0 Å². The minimum atomic E-state index is -0.112. The van der Waals surface area contributed by atoms with E-state index in [1.165, 1.54) is 19.3 Å². The van der Waals surface area contributed by atoms with E-state index in [-0.39, 0.29) is 12.0 Å². The SMILES string of the molecule is CC12CCCC1NC(C(=O)OCc1ccccc1)C2. The Bertz CT molecular complexity index is 459. The number of carbonyl (C=O) groups is 1. The molecular formula is C16H21NO2. The van der Waals surface area contributed by atoms with Gasteiger partial charge < -0.3 is 10.1 Å². The summed E-state index contributed by atoms with van der Waals surface area (Å²) >= 11 is 0. The Balaban J connectivity index is 1.55. The van der Waals surface area contributed by atoms with E-state index in [2.05, 4.69) is 12.2 Å². The molecule has 1 saturated carbocycles. The smallest absolute Gasteiger partial charge is 0.323 e. The molecule has 1 aromatic carbocycles. The molecule has 0 aromatic heterocycles. The van der Waals surface area contributed by atoms with Gasteiger partial charge in [0, 0.05) is 6.04 Å². The molecule has 3 unspecified atom stereocenters. The third-order valence-corrected chi connectivity index (χ3v) is 4.66. The summed E-state index contributed by atoms with van der Waals surface area (Å²) < 4.78 is 5.42. The number of carbonyl (C=O) groups excluding carboxylic acids is 1. The van der Waals surface area contributed by atoms with Crippen LogP contribution in [-0.2, 0) is 16.1 Å². The van der Waals surface area contributed by atoms with E-state index >= 15 is 0 Å². The number of ether oxygens (including phenoxy) is 1. The first-order valence-corrected chi connectivity index (χ1v) is 7.14. The number of esters is 1. The third-order valence-electron chi connectivity index (χ3n) is 4.66. The average Bonchev–Trinajstić information content (AvgIpc) is 2.92. The van der Waals surface area contributed by atoms with E-state index in [4.69, 9.17) is 4.74 Å². The van der Waals surface area contributed by atoms with Gasteiger partial charge in [-0.05, 0) is 30.2 Å². The first-order valence-electron chi connectivity index (χ1n) is 7.14. The molecule has 1 aromatic rings. The van der Waals surface area contributed by atoms with Crippen molar-refractivity contribution in [2.45, 2.75) is 51.3 Å². The van der Waals surface area contributed by atoms with Crippen molar-refractivity contribution >= 4 is 5.97 Å². The number of hydrogen-bond acceptors (Lipinski definition) is 3. The number of nitrogens with one attached hydrogen (secondary N) is 1. The van der Waals surface area contributed by atoms with Crippen LogP contribution in [-0.4, -0.2) is 18.1 Å². The van der Waals surface area contributed by atoms with Gasteiger partial charge in [-0.15, -0.1) is 0 Å². The molecule has 0 radical (unpaired) electrons. The van der Waals surface area contributed by atoms with Crippen LogP contribution in [0.3, 0.4) is 0 Å². The van der Waals surface area contributed by atoms with Crippen LogP contribution in [0, 0.1) is 5.41 Å². The monoisotopic (exact) mass is 259 g/mol. The summed E-state index contributed by atoms with van der Waals surface area (Å²) in [6.45, 7) is 2.67. The Morgan fingerprint density at radius 2 is 2.21 bits per heavy atom. The highest BCUT2D eigenvalue weighted by Gasteiger charge is 2.48. The normalized spacial score (nSPS) is 33.1. The molecule has 19 heavy (non-hydrogen) atoms. The number of rotatable bonds is 3. The lowest BCUT2D eigenvalue weighted by Crippen LogP contribution is -2.37. The van der Waals surface area contributed by atoms with E-state index in [9.17, 15) is 4.79 Å². The highest BCUT2D eigenvalue weighted by molar-refractivity contribution is 5.76. The van der Waals surface area contributed by atoms with Crippen LogP contribution in [0.1, 0.15) is 38.2 Å². The molecule has 102 valence electrons. The maximum atomic E-state index is 12.1. The zero-order chi connectivity index (χ0) is 13.3. The molecule has 1 heterocycles. The van der Waals surface area contributed by atoms with Crippen LogP contribution in [0.4, 0.5) is 0 Å². The van der Waals surface area contributed by atoms with Crippen LogP contribution in [0.25, 0.3) is 0 Å². The standard InChI is InChI=1S/C16H21NO2/c1-16-9-5-8-14(16)17-13(10-16)15(18)19-11-12-6-3-2-4-7-12/h2-4,6-7,13-14,17H,5,8-11H2,1H3. The zero-order valence-electron chi connectivity index (χ0n) is 11.4. The highest BCUT2D eigenvalue weighted by Crippen LogP contribution is 2.46. The molecule has 1 saturated heterocycles. The Hall–Kier alpha value is -1.35. The fourth-order valence-corrected chi connectivity index (χ4v) is 3.51.